The molecule has 2 atom stereocenters. The van der Waals surface area contributed by atoms with E-state index in [1.807, 2.05) is 6.92 Å². The Morgan fingerprint density at radius 2 is 2.16 bits per heavy atom. The second-order valence-corrected chi connectivity index (χ2v) is 7.75. The van der Waals surface area contributed by atoms with Crippen LogP contribution >= 0.6 is 0 Å². The Labute approximate surface area is 116 Å². The molecule has 1 aromatic heterocycles. The maximum atomic E-state index is 11.9. The predicted molar refractivity (Wildman–Crippen MR) is 75.5 cm³/mol. The van der Waals surface area contributed by atoms with Crippen molar-refractivity contribution < 1.29 is 12.6 Å². The van der Waals surface area contributed by atoms with Crippen molar-refractivity contribution in [2.45, 2.75) is 30.0 Å². The van der Waals surface area contributed by atoms with E-state index in [9.17, 15) is 12.6 Å². The van der Waals surface area contributed by atoms with E-state index in [1.54, 1.807) is 12.3 Å². The number of sulfonamides is 1. The number of nitrogens with one attached hydrogen (secondary N) is 1. The van der Waals surface area contributed by atoms with Crippen LogP contribution in [0.5, 0.6) is 0 Å². The van der Waals surface area contributed by atoms with Gasteiger partial charge in [-0.25, -0.2) is 13.1 Å². The second kappa shape index (κ2) is 7.09. The second-order valence-electron chi connectivity index (χ2n) is 4.19. The highest BCUT2D eigenvalue weighted by Crippen LogP contribution is 2.08. The predicted octanol–water partition coefficient (Wildman–Crippen LogP) is -0.0243. The molecule has 0 saturated heterocycles. The summed E-state index contributed by atoms with van der Waals surface area (Å²) in [6.07, 6.45) is 3.41. The third-order valence-corrected chi connectivity index (χ3v) is 5.54. The Morgan fingerprint density at radius 3 is 2.63 bits per heavy atom. The van der Waals surface area contributed by atoms with Crippen LogP contribution in [0.1, 0.15) is 19.0 Å². The smallest absolute Gasteiger partial charge is 0.242 e. The normalized spacial score (nSPS) is 15.1. The number of aromatic nitrogens is 1. The largest absolute Gasteiger partial charge is 0.325 e. The summed E-state index contributed by atoms with van der Waals surface area (Å²) in [7, 11) is -4.51. The van der Waals surface area contributed by atoms with Crippen molar-refractivity contribution in [1.29, 1.82) is 0 Å². The maximum absolute atomic E-state index is 11.9. The van der Waals surface area contributed by atoms with Gasteiger partial charge in [0.25, 0.3) is 0 Å². The van der Waals surface area contributed by atoms with Crippen LogP contribution in [0.15, 0.2) is 23.2 Å². The standard InChI is InChI=1S/C11H19N3O3S2/c1-9(18(2)15)5-6-14-19(16,17)11-4-3-10(7-12)13-8-11/h3-4,8-9,14H,5-7,12H2,1-2H3. The molecule has 3 N–H and O–H groups in total. The molecule has 2 unspecified atom stereocenters. The van der Waals surface area contributed by atoms with E-state index in [2.05, 4.69) is 9.71 Å². The van der Waals surface area contributed by atoms with Crippen LogP contribution in [-0.2, 0) is 27.4 Å². The quantitative estimate of drug-likeness (QED) is 0.737. The first kappa shape index (κ1) is 16.2. The summed E-state index contributed by atoms with van der Waals surface area (Å²) >= 11 is 0. The Balaban J connectivity index is 2.62. The molecule has 0 amide bonds. The zero-order chi connectivity index (χ0) is 14.5. The molecule has 0 fully saturated rings. The zero-order valence-corrected chi connectivity index (χ0v) is 12.6. The minimum Gasteiger partial charge on any atom is -0.325 e. The highest BCUT2D eigenvalue weighted by atomic mass is 32.2. The molecular formula is C11H19N3O3S2. The lowest BCUT2D eigenvalue weighted by atomic mass is 10.3. The van der Waals surface area contributed by atoms with Crippen LogP contribution in [0.3, 0.4) is 0 Å². The highest BCUT2D eigenvalue weighted by Gasteiger charge is 2.15. The van der Waals surface area contributed by atoms with Gasteiger partial charge in [0.05, 0.1) is 5.69 Å². The first-order valence-electron chi connectivity index (χ1n) is 5.83. The topological polar surface area (TPSA) is 102 Å². The number of nitrogens with zero attached hydrogens (tertiary/aromatic N) is 1. The molecule has 0 aromatic carbocycles. The van der Waals surface area contributed by atoms with Gasteiger partial charge in [-0.15, -0.1) is 0 Å². The van der Waals surface area contributed by atoms with Gasteiger partial charge in [0.15, 0.2) is 0 Å². The van der Waals surface area contributed by atoms with Crippen LogP contribution < -0.4 is 10.5 Å². The molecule has 0 radical (unpaired) electrons. The Bertz CT molecular complexity index is 529. The van der Waals surface area contributed by atoms with E-state index < -0.39 is 20.8 Å². The lowest BCUT2D eigenvalue weighted by molar-refractivity contribution is 0.577. The third kappa shape index (κ3) is 4.98. The molecule has 0 bridgehead atoms. The minimum atomic E-state index is -3.56. The van der Waals surface area contributed by atoms with E-state index in [0.29, 0.717) is 12.1 Å². The Hall–Kier alpha value is -0.830. The molecule has 0 saturated carbocycles. The number of hydrogen-bond acceptors (Lipinski definition) is 5. The minimum absolute atomic E-state index is 0.0413. The van der Waals surface area contributed by atoms with Gasteiger partial charge in [-0.3, -0.25) is 9.19 Å². The lowest BCUT2D eigenvalue weighted by Crippen LogP contribution is -2.27. The number of nitrogens with two attached hydrogens (primary N) is 1. The summed E-state index contributed by atoms with van der Waals surface area (Å²) < 4.78 is 37.5. The van der Waals surface area contributed by atoms with Crippen molar-refractivity contribution in [3.63, 3.8) is 0 Å². The van der Waals surface area contributed by atoms with E-state index in [4.69, 9.17) is 5.73 Å². The van der Waals surface area contributed by atoms with Crippen LogP contribution in [0.2, 0.25) is 0 Å². The summed E-state index contributed by atoms with van der Waals surface area (Å²) in [6.45, 7) is 2.34. The Morgan fingerprint density at radius 1 is 1.47 bits per heavy atom. The molecule has 0 aliphatic heterocycles. The fourth-order valence-electron chi connectivity index (χ4n) is 1.34. The summed E-state index contributed by atoms with van der Waals surface area (Å²) in [5.41, 5.74) is 6.03. The van der Waals surface area contributed by atoms with E-state index in [0.717, 1.165) is 0 Å². The van der Waals surface area contributed by atoms with Gasteiger partial charge in [0.1, 0.15) is 4.90 Å². The van der Waals surface area contributed by atoms with Gasteiger partial charge in [0, 0.05) is 41.6 Å². The van der Waals surface area contributed by atoms with Gasteiger partial charge in [-0.05, 0) is 18.6 Å². The Kier molecular flexibility index (Phi) is 6.05. The molecule has 0 aliphatic rings. The molecule has 6 nitrogen and oxygen atoms in total. The summed E-state index contributed by atoms with van der Waals surface area (Å²) in [5, 5.41) is -0.0413. The van der Waals surface area contributed by atoms with Crippen molar-refractivity contribution in [3.8, 4) is 0 Å². The van der Waals surface area contributed by atoms with E-state index >= 15 is 0 Å². The molecule has 0 aliphatic carbocycles. The summed E-state index contributed by atoms with van der Waals surface area (Å²) in [5.74, 6) is 0. The first-order valence-corrected chi connectivity index (χ1v) is 8.94. The van der Waals surface area contributed by atoms with Crippen molar-refractivity contribution >= 4 is 20.8 Å². The van der Waals surface area contributed by atoms with Crippen molar-refractivity contribution in [2.24, 2.45) is 5.73 Å². The molecule has 1 heterocycles. The van der Waals surface area contributed by atoms with E-state index in [1.165, 1.54) is 12.3 Å². The van der Waals surface area contributed by atoms with Gasteiger partial charge in [-0.1, -0.05) is 6.92 Å². The van der Waals surface area contributed by atoms with Crippen LogP contribution in [-0.4, -0.2) is 35.7 Å². The summed E-state index contributed by atoms with van der Waals surface area (Å²) in [6, 6.07) is 3.05. The van der Waals surface area contributed by atoms with Crippen LogP contribution in [0.4, 0.5) is 0 Å². The van der Waals surface area contributed by atoms with Crippen molar-refractivity contribution in [3.05, 3.63) is 24.0 Å². The zero-order valence-electron chi connectivity index (χ0n) is 11.0. The highest BCUT2D eigenvalue weighted by molar-refractivity contribution is 7.89. The average molecular weight is 305 g/mol. The van der Waals surface area contributed by atoms with E-state index in [-0.39, 0.29) is 23.2 Å². The van der Waals surface area contributed by atoms with Crippen molar-refractivity contribution in [2.75, 3.05) is 12.8 Å². The third-order valence-electron chi connectivity index (χ3n) is 2.73. The number of pyridine rings is 1. The fourth-order valence-corrected chi connectivity index (χ4v) is 2.78. The van der Waals surface area contributed by atoms with Gasteiger partial charge < -0.3 is 5.73 Å². The van der Waals surface area contributed by atoms with Crippen molar-refractivity contribution in [1.82, 2.24) is 9.71 Å². The van der Waals surface area contributed by atoms with Gasteiger partial charge >= 0.3 is 0 Å². The first-order chi connectivity index (χ1) is 8.86. The monoisotopic (exact) mass is 305 g/mol. The van der Waals surface area contributed by atoms with Gasteiger partial charge in [-0.2, -0.15) is 0 Å². The molecule has 19 heavy (non-hydrogen) atoms. The summed E-state index contributed by atoms with van der Waals surface area (Å²) in [4.78, 5) is 4.05. The SMILES string of the molecule is CC(CCNS(=O)(=O)c1ccc(CN)nc1)S(C)=O. The van der Waals surface area contributed by atoms with Crippen LogP contribution in [0, 0.1) is 0 Å². The maximum Gasteiger partial charge on any atom is 0.242 e. The molecule has 1 rings (SSSR count). The molecule has 0 spiro atoms. The van der Waals surface area contributed by atoms with Crippen LogP contribution in [0.25, 0.3) is 0 Å². The lowest BCUT2D eigenvalue weighted by Gasteiger charge is -2.10. The fraction of sp³-hybridized carbons (Fsp3) is 0.545. The molecule has 8 heteroatoms. The molecular weight excluding hydrogens is 286 g/mol. The number of hydrogen-bond donors (Lipinski definition) is 2. The van der Waals surface area contributed by atoms with Gasteiger partial charge in [0.2, 0.25) is 10.0 Å². The molecule has 1 aromatic rings. The molecule has 108 valence electrons. The number of rotatable bonds is 7. The average Bonchev–Trinajstić information content (AvgIpc) is 2.38.